The van der Waals surface area contributed by atoms with E-state index in [1.165, 1.54) is 82.6 Å². The molecule has 0 radical (unpaired) electrons. The summed E-state index contributed by atoms with van der Waals surface area (Å²) in [6.07, 6.45) is 0. The predicted octanol–water partition coefficient (Wildman–Crippen LogP) is 14.7. The number of para-hydroxylation sites is 3. The Balaban J connectivity index is 0.942. The molecule has 0 aliphatic carbocycles. The molecular formula is C54H34N2O. The second-order valence-corrected chi connectivity index (χ2v) is 14.9. The summed E-state index contributed by atoms with van der Waals surface area (Å²) in [7, 11) is 0. The van der Waals surface area contributed by atoms with Crippen LogP contribution in [0.15, 0.2) is 206 Å². The van der Waals surface area contributed by atoms with Crippen molar-refractivity contribution >= 4 is 43.6 Å². The normalized spacial score (nSPS) is 12.0. The van der Waals surface area contributed by atoms with Crippen LogP contribution in [0.4, 0.5) is 0 Å². The van der Waals surface area contributed by atoms with Gasteiger partial charge in [0, 0.05) is 27.2 Å². The van der Waals surface area contributed by atoms with Crippen LogP contribution in [0.2, 0.25) is 0 Å². The minimum Gasteiger partial charge on any atom is -0.453 e. The molecule has 0 bridgehead atoms. The molecule has 1 aliphatic heterocycles. The van der Waals surface area contributed by atoms with Gasteiger partial charge in [-0.15, -0.1) is 0 Å². The SMILES string of the molecule is c1ccc(-c2ccc3c(c2)c2cc(-c4ccccc4)ccc2n3-c2cccc(-c3ccc(-c4ccc5c(c4)c4cccc6c4n5-c4ccccc4O6)cc3)c2)cc1. The molecule has 0 spiro atoms. The van der Waals surface area contributed by atoms with Gasteiger partial charge in [0.1, 0.15) is 0 Å². The summed E-state index contributed by atoms with van der Waals surface area (Å²) in [6, 6.07) is 74.5. The second kappa shape index (κ2) is 12.5. The molecule has 11 aromatic rings. The van der Waals surface area contributed by atoms with Crippen LogP contribution in [0.5, 0.6) is 11.5 Å². The molecule has 0 saturated heterocycles. The summed E-state index contributed by atoms with van der Waals surface area (Å²) in [5.41, 5.74) is 16.5. The number of rotatable bonds is 5. The first-order valence-corrected chi connectivity index (χ1v) is 19.5. The Morgan fingerprint density at radius 3 is 1.33 bits per heavy atom. The van der Waals surface area contributed by atoms with Crippen molar-refractivity contribution in [3.05, 3.63) is 206 Å². The van der Waals surface area contributed by atoms with Crippen molar-refractivity contribution in [2.45, 2.75) is 0 Å². The number of ether oxygens (including phenoxy) is 1. The van der Waals surface area contributed by atoms with Gasteiger partial charge in [-0.25, -0.2) is 0 Å². The Kier molecular flexibility index (Phi) is 6.93. The van der Waals surface area contributed by atoms with E-state index in [2.05, 4.69) is 203 Å². The van der Waals surface area contributed by atoms with Crippen molar-refractivity contribution in [1.82, 2.24) is 9.13 Å². The third-order valence-corrected chi connectivity index (χ3v) is 11.7. The fraction of sp³-hybridized carbons (Fsp3) is 0. The Morgan fingerprint density at radius 2 is 0.719 bits per heavy atom. The van der Waals surface area contributed by atoms with Crippen molar-refractivity contribution in [3.8, 4) is 67.4 Å². The molecule has 0 unspecified atom stereocenters. The van der Waals surface area contributed by atoms with Crippen LogP contribution in [-0.2, 0) is 0 Å². The largest absolute Gasteiger partial charge is 0.453 e. The van der Waals surface area contributed by atoms with E-state index in [9.17, 15) is 0 Å². The molecule has 2 aromatic heterocycles. The number of aromatic nitrogens is 2. The van der Waals surface area contributed by atoms with E-state index in [1.54, 1.807) is 0 Å². The molecule has 57 heavy (non-hydrogen) atoms. The van der Waals surface area contributed by atoms with E-state index in [1.807, 2.05) is 12.1 Å². The fourth-order valence-corrected chi connectivity index (χ4v) is 9.00. The lowest BCUT2D eigenvalue weighted by atomic mass is 9.98. The van der Waals surface area contributed by atoms with Crippen LogP contribution in [0.25, 0.3) is 99.5 Å². The number of hydrogen-bond acceptors (Lipinski definition) is 1. The molecule has 3 heteroatoms. The quantitative estimate of drug-likeness (QED) is 0.173. The van der Waals surface area contributed by atoms with Gasteiger partial charge >= 0.3 is 0 Å². The van der Waals surface area contributed by atoms with Gasteiger partial charge in [-0.1, -0.05) is 140 Å². The van der Waals surface area contributed by atoms with E-state index < -0.39 is 0 Å². The maximum absolute atomic E-state index is 6.34. The second-order valence-electron chi connectivity index (χ2n) is 14.9. The highest BCUT2D eigenvalue weighted by Crippen LogP contribution is 2.46. The summed E-state index contributed by atoms with van der Waals surface area (Å²) in [4.78, 5) is 0. The first kappa shape index (κ1) is 31.7. The van der Waals surface area contributed by atoms with E-state index in [0.717, 1.165) is 28.4 Å². The topological polar surface area (TPSA) is 19.1 Å². The van der Waals surface area contributed by atoms with Gasteiger partial charge in [-0.2, -0.15) is 0 Å². The highest BCUT2D eigenvalue weighted by Gasteiger charge is 2.23. The van der Waals surface area contributed by atoms with Crippen LogP contribution in [0.1, 0.15) is 0 Å². The molecule has 12 rings (SSSR count). The summed E-state index contributed by atoms with van der Waals surface area (Å²) >= 11 is 0. The number of benzene rings is 9. The molecular weight excluding hydrogens is 693 g/mol. The first-order chi connectivity index (χ1) is 28.2. The summed E-state index contributed by atoms with van der Waals surface area (Å²) in [5.74, 6) is 1.77. The smallest absolute Gasteiger partial charge is 0.152 e. The summed E-state index contributed by atoms with van der Waals surface area (Å²) in [6.45, 7) is 0. The van der Waals surface area contributed by atoms with E-state index in [0.29, 0.717) is 0 Å². The molecule has 3 nitrogen and oxygen atoms in total. The average molecular weight is 727 g/mol. The lowest BCUT2D eigenvalue weighted by Crippen LogP contribution is -2.03. The molecule has 266 valence electrons. The summed E-state index contributed by atoms with van der Waals surface area (Å²) < 4.78 is 11.1. The van der Waals surface area contributed by atoms with Crippen LogP contribution < -0.4 is 4.74 Å². The monoisotopic (exact) mass is 726 g/mol. The van der Waals surface area contributed by atoms with E-state index >= 15 is 0 Å². The Morgan fingerprint density at radius 1 is 0.281 bits per heavy atom. The lowest BCUT2D eigenvalue weighted by Gasteiger charge is -2.20. The zero-order valence-electron chi connectivity index (χ0n) is 30.9. The van der Waals surface area contributed by atoms with Crippen LogP contribution >= 0.6 is 0 Å². The van der Waals surface area contributed by atoms with Gasteiger partial charge in [-0.3, -0.25) is 0 Å². The van der Waals surface area contributed by atoms with Crippen molar-refractivity contribution in [2.24, 2.45) is 0 Å². The third kappa shape index (κ3) is 4.99. The van der Waals surface area contributed by atoms with Crippen molar-refractivity contribution < 1.29 is 4.74 Å². The maximum atomic E-state index is 6.34. The van der Waals surface area contributed by atoms with Gasteiger partial charge in [0.05, 0.1) is 27.8 Å². The minimum atomic E-state index is 0.881. The van der Waals surface area contributed by atoms with E-state index in [-0.39, 0.29) is 0 Å². The van der Waals surface area contributed by atoms with Crippen molar-refractivity contribution in [2.75, 3.05) is 0 Å². The standard InChI is InChI=1S/C54H34N2O/c1-3-11-35(12-4-1)40-25-28-48-46(33-40)47-34-41(36-13-5-2-6-14-36)26-29-49(47)55(48)43-16-9-15-39(31-43)37-21-23-38(24-22-37)42-27-30-50-45(32-42)44-17-10-20-53-54(44)56(50)51-18-7-8-19-52(51)57-53/h1-34H. The Labute approximate surface area is 329 Å². The van der Waals surface area contributed by atoms with Crippen LogP contribution in [0.3, 0.4) is 0 Å². The lowest BCUT2D eigenvalue weighted by molar-refractivity contribution is 0.476. The van der Waals surface area contributed by atoms with Gasteiger partial charge in [0.2, 0.25) is 0 Å². The van der Waals surface area contributed by atoms with Gasteiger partial charge < -0.3 is 13.9 Å². The molecule has 3 heterocycles. The van der Waals surface area contributed by atoms with Crippen molar-refractivity contribution in [1.29, 1.82) is 0 Å². The highest BCUT2D eigenvalue weighted by molar-refractivity contribution is 6.14. The Bertz CT molecular complexity index is 3260. The Hall–Kier alpha value is -7.62. The van der Waals surface area contributed by atoms with Gasteiger partial charge in [-0.05, 0) is 111 Å². The molecule has 0 fully saturated rings. The predicted molar refractivity (Wildman–Crippen MR) is 237 cm³/mol. The number of nitrogens with zero attached hydrogens (tertiary/aromatic N) is 2. The van der Waals surface area contributed by atoms with Gasteiger partial charge in [0.25, 0.3) is 0 Å². The van der Waals surface area contributed by atoms with Gasteiger partial charge in [0.15, 0.2) is 11.5 Å². The average Bonchev–Trinajstić information content (AvgIpc) is 3.80. The van der Waals surface area contributed by atoms with Crippen molar-refractivity contribution in [3.63, 3.8) is 0 Å². The maximum Gasteiger partial charge on any atom is 0.152 e. The van der Waals surface area contributed by atoms with Crippen LogP contribution in [0, 0.1) is 0 Å². The molecule has 0 amide bonds. The zero-order chi connectivity index (χ0) is 37.5. The molecule has 0 N–H and O–H groups in total. The molecule has 9 aromatic carbocycles. The molecule has 0 atom stereocenters. The molecule has 1 aliphatic rings. The fourth-order valence-electron chi connectivity index (χ4n) is 9.00. The summed E-state index contributed by atoms with van der Waals surface area (Å²) in [5, 5.41) is 4.91. The van der Waals surface area contributed by atoms with Crippen LogP contribution in [-0.4, -0.2) is 9.13 Å². The third-order valence-electron chi connectivity index (χ3n) is 11.7. The number of hydrogen-bond donors (Lipinski definition) is 0. The minimum absolute atomic E-state index is 0.881. The zero-order valence-corrected chi connectivity index (χ0v) is 30.9. The highest BCUT2D eigenvalue weighted by atomic mass is 16.5. The van der Waals surface area contributed by atoms with E-state index in [4.69, 9.17) is 4.74 Å². The number of fused-ring (bicyclic) bond motifs is 8. The first-order valence-electron chi connectivity index (χ1n) is 19.5. The molecule has 0 saturated carbocycles.